The van der Waals surface area contributed by atoms with E-state index in [-0.39, 0.29) is 11.6 Å². The number of halogens is 1. The van der Waals surface area contributed by atoms with Crippen molar-refractivity contribution >= 4 is 15.9 Å². The van der Waals surface area contributed by atoms with Crippen molar-refractivity contribution in [2.75, 3.05) is 13.7 Å². The van der Waals surface area contributed by atoms with Crippen molar-refractivity contribution < 1.29 is 22.3 Å². The summed E-state index contributed by atoms with van der Waals surface area (Å²) in [5.41, 5.74) is -0.101. The number of ether oxygens (including phenoxy) is 1. The summed E-state index contributed by atoms with van der Waals surface area (Å²) in [6, 6.07) is 2.54. The minimum absolute atomic E-state index is 0.101. The van der Waals surface area contributed by atoms with Gasteiger partial charge in [0.05, 0.1) is 17.5 Å². The highest BCUT2D eigenvalue weighted by Gasteiger charge is 2.17. The number of nitrogens with two attached hydrogens (primary N) is 1. The van der Waals surface area contributed by atoms with E-state index in [4.69, 9.17) is 9.88 Å². The number of hydrogen-bond acceptors (Lipinski definition) is 4. The number of rotatable bonds is 7. The van der Waals surface area contributed by atoms with Gasteiger partial charge in [-0.3, -0.25) is 4.79 Å². The number of carbonyl (C=O) groups excluding carboxylic acids is 1. The standard InChI is InChI=1S/C13H19FN2O4S/c1-3-4-11(8-20-2)16-13(17)9-5-10(14)7-12(6-9)21(15,18)19/h5-7,11H,3-4,8H2,1-2H3,(H,16,17)(H2,15,18,19). The molecule has 0 saturated carbocycles. The summed E-state index contributed by atoms with van der Waals surface area (Å²) in [4.78, 5) is 11.6. The van der Waals surface area contributed by atoms with Crippen molar-refractivity contribution in [1.29, 1.82) is 0 Å². The maximum absolute atomic E-state index is 13.4. The number of primary sulfonamides is 1. The summed E-state index contributed by atoms with van der Waals surface area (Å²) in [5.74, 6) is -1.42. The summed E-state index contributed by atoms with van der Waals surface area (Å²) < 4.78 is 40.9. The van der Waals surface area contributed by atoms with E-state index in [2.05, 4.69) is 5.32 Å². The van der Waals surface area contributed by atoms with Crippen LogP contribution in [0, 0.1) is 5.82 Å². The van der Waals surface area contributed by atoms with Gasteiger partial charge in [0.2, 0.25) is 10.0 Å². The molecule has 0 heterocycles. The lowest BCUT2D eigenvalue weighted by molar-refractivity contribution is 0.0891. The highest BCUT2D eigenvalue weighted by Crippen LogP contribution is 2.13. The van der Waals surface area contributed by atoms with Gasteiger partial charge in [0.15, 0.2) is 0 Å². The molecular weight excluding hydrogens is 299 g/mol. The summed E-state index contributed by atoms with van der Waals surface area (Å²) in [6.45, 7) is 2.27. The van der Waals surface area contributed by atoms with Crippen LogP contribution in [-0.4, -0.2) is 34.1 Å². The Balaban J connectivity index is 2.99. The third kappa shape index (κ3) is 5.41. The number of sulfonamides is 1. The average molecular weight is 318 g/mol. The zero-order valence-electron chi connectivity index (χ0n) is 11.9. The van der Waals surface area contributed by atoms with Gasteiger partial charge >= 0.3 is 0 Å². The minimum Gasteiger partial charge on any atom is -0.383 e. The molecule has 21 heavy (non-hydrogen) atoms. The monoisotopic (exact) mass is 318 g/mol. The predicted molar refractivity (Wildman–Crippen MR) is 75.8 cm³/mol. The highest BCUT2D eigenvalue weighted by atomic mass is 32.2. The Labute approximate surface area is 123 Å². The molecule has 8 heteroatoms. The molecule has 0 aliphatic heterocycles. The number of methoxy groups -OCH3 is 1. The van der Waals surface area contributed by atoms with Crippen LogP contribution in [0.2, 0.25) is 0 Å². The lowest BCUT2D eigenvalue weighted by Gasteiger charge is -2.17. The molecule has 1 amide bonds. The molecule has 0 fully saturated rings. The lowest BCUT2D eigenvalue weighted by Crippen LogP contribution is -2.38. The zero-order chi connectivity index (χ0) is 16.0. The van der Waals surface area contributed by atoms with E-state index in [0.29, 0.717) is 13.0 Å². The van der Waals surface area contributed by atoms with Gasteiger partial charge < -0.3 is 10.1 Å². The minimum atomic E-state index is -4.07. The van der Waals surface area contributed by atoms with Crippen molar-refractivity contribution in [3.8, 4) is 0 Å². The van der Waals surface area contributed by atoms with Crippen molar-refractivity contribution in [1.82, 2.24) is 5.32 Å². The van der Waals surface area contributed by atoms with Crippen LogP contribution in [0.15, 0.2) is 23.1 Å². The van der Waals surface area contributed by atoms with E-state index < -0.39 is 26.6 Å². The summed E-state index contributed by atoms with van der Waals surface area (Å²) >= 11 is 0. The molecule has 1 aromatic carbocycles. The number of benzene rings is 1. The van der Waals surface area contributed by atoms with E-state index in [1.165, 1.54) is 7.11 Å². The third-order valence-electron chi connectivity index (χ3n) is 2.80. The maximum Gasteiger partial charge on any atom is 0.251 e. The van der Waals surface area contributed by atoms with Crippen LogP contribution < -0.4 is 10.5 Å². The lowest BCUT2D eigenvalue weighted by atomic mass is 10.1. The molecule has 0 bridgehead atoms. The van der Waals surface area contributed by atoms with Crippen LogP contribution in [0.5, 0.6) is 0 Å². The molecule has 1 rings (SSSR count). The van der Waals surface area contributed by atoms with Gasteiger partial charge in [-0.05, 0) is 24.6 Å². The van der Waals surface area contributed by atoms with Gasteiger partial charge in [0.1, 0.15) is 5.82 Å². The zero-order valence-corrected chi connectivity index (χ0v) is 12.7. The van der Waals surface area contributed by atoms with Crippen LogP contribution in [0.25, 0.3) is 0 Å². The van der Waals surface area contributed by atoms with Crippen LogP contribution >= 0.6 is 0 Å². The van der Waals surface area contributed by atoms with Gasteiger partial charge in [0.25, 0.3) is 5.91 Å². The first kappa shape index (κ1) is 17.5. The van der Waals surface area contributed by atoms with E-state index >= 15 is 0 Å². The van der Waals surface area contributed by atoms with Crippen molar-refractivity contribution in [3.05, 3.63) is 29.6 Å². The molecular formula is C13H19FN2O4S. The van der Waals surface area contributed by atoms with E-state index in [1.807, 2.05) is 6.92 Å². The second-order valence-corrected chi connectivity index (χ2v) is 6.20. The summed E-state index contributed by atoms with van der Waals surface area (Å²) in [5, 5.41) is 7.62. The first-order chi connectivity index (χ1) is 9.77. The first-order valence-electron chi connectivity index (χ1n) is 6.41. The molecule has 0 aromatic heterocycles. The molecule has 1 unspecified atom stereocenters. The smallest absolute Gasteiger partial charge is 0.251 e. The first-order valence-corrected chi connectivity index (χ1v) is 7.95. The van der Waals surface area contributed by atoms with E-state index in [1.54, 1.807) is 0 Å². The second-order valence-electron chi connectivity index (χ2n) is 4.64. The second kappa shape index (κ2) is 7.48. The Morgan fingerprint density at radius 1 is 1.43 bits per heavy atom. The Kier molecular flexibility index (Phi) is 6.25. The fraction of sp³-hybridized carbons (Fsp3) is 0.462. The molecule has 3 N–H and O–H groups in total. The van der Waals surface area contributed by atoms with Gasteiger partial charge in [-0.2, -0.15) is 0 Å². The molecule has 6 nitrogen and oxygen atoms in total. The Bertz CT molecular complexity index is 598. The van der Waals surface area contributed by atoms with Crippen molar-refractivity contribution in [3.63, 3.8) is 0 Å². The van der Waals surface area contributed by atoms with Gasteiger partial charge in [0, 0.05) is 12.7 Å². The van der Waals surface area contributed by atoms with Crippen LogP contribution in [0.1, 0.15) is 30.1 Å². The third-order valence-corrected chi connectivity index (χ3v) is 3.69. The Morgan fingerprint density at radius 2 is 2.10 bits per heavy atom. The summed E-state index contributed by atoms with van der Waals surface area (Å²) in [6.07, 6.45) is 1.52. The molecule has 1 aromatic rings. The molecule has 0 saturated heterocycles. The number of amides is 1. The Hall–Kier alpha value is -1.51. The maximum atomic E-state index is 13.4. The van der Waals surface area contributed by atoms with Crippen molar-refractivity contribution in [2.24, 2.45) is 5.14 Å². The quantitative estimate of drug-likeness (QED) is 0.784. The van der Waals surface area contributed by atoms with Crippen LogP contribution in [0.4, 0.5) is 4.39 Å². The fourth-order valence-corrected chi connectivity index (χ4v) is 2.44. The average Bonchev–Trinajstić information content (AvgIpc) is 2.37. The number of hydrogen-bond donors (Lipinski definition) is 2. The molecule has 118 valence electrons. The number of nitrogens with one attached hydrogen (secondary N) is 1. The predicted octanol–water partition coefficient (Wildman–Crippen LogP) is 1.02. The van der Waals surface area contributed by atoms with Gasteiger partial charge in [-0.1, -0.05) is 13.3 Å². The summed E-state index contributed by atoms with van der Waals surface area (Å²) in [7, 11) is -2.56. The molecule has 0 radical (unpaired) electrons. The largest absolute Gasteiger partial charge is 0.383 e. The van der Waals surface area contributed by atoms with Gasteiger partial charge in [-0.15, -0.1) is 0 Å². The molecule has 0 aliphatic carbocycles. The van der Waals surface area contributed by atoms with E-state index in [0.717, 1.165) is 24.6 Å². The topological polar surface area (TPSA) is 98.5 Å². The normalized spacial score (nSPS) is 13.0. The molecule has 0 aliphatic rings. The molecule has 1 atom stereocenters. The number of carbonyl (C=O) groups is 1. The SMILES string of the molecule is CCCC(COC)NC(=O)c1cc(F)cc(S(N)(=O)=O)c1. The molecule has 0 spiro atoms. The van der Waals surface area contributed by atoms with Crippen LogP contribution in [-0.2, 0) is 14.8 Å². The Morgan fingerprint density at radius 3 is 2.62 bits per heavy atom. The fourth-order valence-electron chi connectivity index (χ4n) is 1.87. The van der Waals surface area contributed by atoms with Gasteiger partial charge in [-0.25, -0.2) is 17.9 Å². The van der Waals surface area contributed by atoms with Crippen molar-refractivity contribution in [2.45, 2.75) is 30.7 Å². The van der Waals surface area contributed by atoms with Crippen LogP contribution in [0.3, 0.4) is 0 Å². The van der Waals surface area contributed by atoms with E-state index in [9.17, 15) is 17.6 Å². The highest BCUT2D eigenvalue weighted by molar-refractivity contribution is 7.89.